The number of aryl methyl sites for hydroxylation is 1. The molecule has 0 saturated carbocycles. The van der Waals surface area contributed by atoms with E-state index in [1.54, 1.807) is 6.07 Å². The van der Waals surface area contributed by atoms with Gasteiger partial charge in [0.2, 0.25) is 0 Å². The highest BCUT2D eigenvalue weighted by atomic mass is 16.2. The van der Waals surface area contributed by atoms with E-state index < -0.39 is 0 Å². The average Bonchev–Trinajstić information content (AvgIpc) is 2.64. The first-order valence-corrected chi connectivity index (χ1v) is 8.68. The molecule has 0 unspecified atom stereocenters. The number of benzene rings is 1. The second-order valence-corrected chi connectivity index (χ2v) is 6.06. The number of rotatable bonds is 8. The largest absolute Gasteiger partial charge is 0.351 e. The highest BCUT2D eigenvalue weighted by Crippen LogP contribution is 2.05. The summed E-state index contributed by atoms with van der Waals surface area (Å²) in [6.45, 7) is 5.20. The van der Waals surface area contributed by atoms with E-state index >= 15 is 0 Å². The van der Waals surface area contributed by atoms with E-state index in [1.807, 2.05) is 31.2 Å². The summed E-state index contributed by atoms with van der Waals surface area (Å²) in [5.74, 6) is -0.465. The van der Waals surface area contributed by atoms with Crippen LogP contribution in [-0.4, -0.2) is 23.3 Å². The summed E-state index contributed by atoms with van der Waals surface area (Å²) in [6.07, 6.45) is 4.61. The lowest BCUT2D eigenvalue weighted by Crippen LogP contribution is -2.27. The standard InChI is InChI=1S/C20H25N3O2/c1-3-4-5-11-22-20(25)18-13-17(10-12-21-18)19(24)23-14-16-8-6-15(2)7-9-16/h6-10,12-13H,3-5,11,14H2,1-2H3,(H,22,25)(H,23,24). The first kappa shape index (κ1) is 18.6. The molecular formula is C20H25N3O2. The first-order valence-electron chi connectivity index (χ1n) is 8.68. The van der Waals surface area contributed by atoms with Gasteiger partial charge in [0.1, 0.15) is 5.69 Å². The van der Waals surface area contributed by atoms with E-state index in [4.69, 9.17) is 0 Å². The van der Waals surface area contributed by atoms with Gasteiger partial charge in [-0.2, -0.15) is 0 Å². The minimum Gasteiger partial charge on any atom is -0.351 e. The molecule has 1 heterocycles. The number of nitrogens with zero attached hydrogens (tertiary/aromatic N) is 1. The molecule has 5 nitrogen and oxygen atoms in total. The number of hydrogen-bond acceptors (Lipinski definition) is 3. The van der Waals surface area contributed by atoms with Crippen LogP contribution in [0.5, 0.6) is 0 Å². The summed E-state index contributed by atoms with van der Waals surface area (Å²) in [5, 5.41) is 5.69. The van der Waals surface area contributed by atoms with Crippen LogP contribution >= 0.6 is 0 Å². The highest BCUT2D eigenvalue weighted by Gasteiger charge is 2.11. The highest BCUT2D eigenvalue weighted by molar-refractivity contribution is 5.98. The van der Waals surface area contributed by atoms with Crippen LogP contribution < -0.4 is 10.6 Å². The van der Waals surface area contributed by atoms with Gasteiger partial charge >= 0.3 is 0 Å². The van der Waals surface area contributed by atoms with Gasteiger partial charge in [-0.15, -0.1) is 0 Å². The van der Waals surface area contributed by atoms with Gasteiger partial charge < -0.3 is 10.6 Å². The summed E-state index contributed by atoms with van der Waals surface area (Å²) in [7, 11) is 0. The van der Waals surface area contributed by atoms with Gasteiger partial charge in [-0.3, -0.25) is 14.6 Å². The second-order valence-electron chi connectivity index (χ2n) is 6.06. The minimum atomic E-state index is -0.246. The molecular weight excluding hydrogens is 314 g/mol. The number of unbranched alkanes of at least 4 members (excludes halogenated alkanes) is 2. The molecule has 0 bridgehead atoms. The molecule has 2 rings (SSSR count). The van der Waals surface area contributed by atoms with E-state index in [0.29, 0.717) is 18.7 Å². The molecule has 2 N–H and O–H groups in total. The molecule has 2 aromatic rings. The molecule has 0 aliphatic carbocycles. The van der Waals surface area contributed by atoms with E-state index in [-0.39, 0.29) is 17.5 Å². The molecule has 0 atom stereocenters. The van der Waals surface area contributed by atoms with Gasteiger partial charge in [0, 0.05) is 24.8 Å². The smallest absolute Gasteiger partial charge is 0.269 e. The van der Waals surface area contributed by atoms with Crippen molar-refractivity contribution in [2.24, 2.45) is 0 Å². The maximum Gasteiger partial charge on any atom is 0.269 e. The fourth-order valence-electron chi connectivity index (χ4n) is 2.35. The third-order valence-corrected chi connectivity index (χ3v) is 3.89. The van der Waals surface area contributed by atoms with E-state index in [1.165, 1.54) is 17.8 Å². The number of amides is 2. The lowest BCUT2D eigenvalue weighted by atomic mass is 10.1. The lowest BCUT2D eigenvalue weighted by Gasteiger charge is -2.08. The number of carbonyl (C=O) groups is 2. The molecule has 25 heavy (non-hydrogen) atoms. The summed E-state index contributed by atoms with van der Waals surface area (Å²) in [4.78, 5) is 28.4. The number of carbonyl (C=O) groups excluding carboxylic acids is 2. The van der Waals surface area contributed by atoms with Gasteiger partial charge in [0.25, 0.3) is 11.8 Å². The molecule has 0 saturated heterocycles. The van der Waals surface area contributed by atoms with Crippen LogP contribution in [0.2, 0.25) is 0 Å². The fraction of sp³-hybridized carbons (Fsp3) is 0.350. The average molecular weight is 339 g/mol. The Bertz CT molecular complexity index is 711. The predicted molar refractivity (Wildman–Crippen MR) is 98.4 cm³/mol. The van der Waals surface area contributed by atoms with Gasteiger partial charge in [-0.25, -0.2) is 0 Å². The van der Waals surface area contributed by atoms with Crippen molar-refractivity contribution in [3.05, 3.63) is 65.0 Å². The van der Waals surface area contributed by atoms with Crippen LogP contribution in [-0.2, 0) is 6.54 Å². The van der Waals surface area contributed by atoms with Crippen LogP contribution in [0.15, 0.2) is 42.6 Å². The summed E-state index contributed by atoms with van der Waals surface area (Å²) < 4.78 is 0. The molecule has 0 aliphatic heterocycles. The Morgan fingerprint density at radius 2 is 1.76 bits per heavy atom. The Labute approximate surface area is 148 Å². The second kappa shape index (κ2) is 9.57. The van der Waals surface area contributed by atoms with Gasteiger partial charge in [0.15, 0.2) is 0 Å². The molecule has 0 fully saturated rings. The topological polar surface area (TPSA) is 71.1 Å². The Morgan fingerprint density at radius 3 is 2.48 bits per heavy atom. The predicted octanol–water partition coefficient (Wildman–Crippen LogP) is 3.24. The minimum absolute atomic E-state index is 0.219. The molecule has 1 aromatic heterocycles. The lowest BCUT2D eigenvalue weighted by molar-refractivity contribution is 0.0948. The number of pyridine rings is 1. The first-order chi connectivity index (χ1) is 12.1. The van der Waals surface area contributed by atoms with E-state index in [0.717, 1.165) is 24.8 Å². The molecule has 1 aromatic carbocycles. The quantitative estimate of drug-likeness (QED) is 0.725. The van der Waals surface area contributed by atoms with Gasteiger partial charge in [0.05, 0.1) is 0 Å². The normalized spacial score (nSPS) is 10.3. The molecule has 0 aliphatic rings. The van der Waals surface area contributed by atoms with Crippen molar-refractivity contribution in [1.82, 2.24) is 15.6 Å². The van der Waals surface area contributed by atoms with Crippen molar-refractivity contribution in [3.8, 4) is 0 Å². The molecule has 0 radical (unpaired) electrons. The maximum absolute atomic E-state index is 12.3. The van der Waals surface area contributed by atoms with Crippen molar-refractivity contribution in [3.63, 3.8) is 0 Å². The number of hydrogen-bond donors (Lipinski definition) is 2. The van der Waals surface area contributed by atoms with Gasteiger partial charge in [-0.05, 0) is 31.0 Å². The Hall–Kier alpha value is -2.69. The monoisotopic (exact) mass is 339 g/mol. The molecule has 2 amide bonds. The van der Waals surface area contributed by atoms with Gasteiger partial charge in [-0.1, -0.05) is 49.6 Å². The van der Waals surface area contributed by atoms with Crippen molar-refractivity contribution in [1.29, 1.82) is 0 Å². The van der Waals surface area contributed by atoms with Crippen LogP contribution in [0, 0.1) is 6.92 Å². The third-order valence-electron chi connectivity index (χ3n) is 3.89. The van der Waals surface area contributed by atoms with Crippen LogP contribution in [0.4, 0.5) is 0 Å². The van der Waals surface area contributed by atoms with Crippen LogP contribution in [0.3, 0.4) is 0 Å². The van der Waals surface area contributed by atoms with Crippen molar-refractivity contribution < 1.29 is 9.59 Å². The summed E-state index contributed by atoms with van der Waals surface area (Å²) >= 11 is 0. The Morgan fingerprint density at radius 1 is 1.00 bits per heavy atom. The number of nitrogens with one attached hydrogen (secondary N) is 2. The summed E-state index contributed by atoms with van der Waals surface area (Å²) in [5.41, 5.74) is 2.90. The van der Waals surface area contributed by atoms with Crippen molar-refractivity contribution in [2.75, 3.05) is 6.54 Å². The van der Waals surface area contributed by atoms with Crippen molar-refractivity contribution >= 4 is 11.8 Å². The zero-order valence-corrected chi connectivity index (χ0v) is 14.8. The Kier molecular flexibility index (Phi) is 7.14. The third kappa shape index (κ3) is 6.03. The van der Waals surface area contributed by atoms with Crippen LogP contribution in [0.25, 0.3) is 0 Å². The zero-order valence-electron chi connectivity index (χ0n) is 14.8. The maximum atomic E-state index is 12.3. The van der Waals surface area contributed by atoms with Crippen LogP contribution in [0.1, 0.15) is 58.2 Å². The number of aromatic nitrogens is 1. The van der Waals surface area contributed by atoms with E-state index in [9.17, 15) is 9.59 Å². The summed E-state index contributed by atoms with van der Waals surface area (Å²) in [6, 6.07) is 11.1. The molecule has 132 valence electrons. The van der Waals surface area contributed by atoms with E-state index in [2.05, 4.69) is 22.5 Å². The Balaban J connectivity index is 1.91. The zero-order chi connectivity index (χ0) is 18.1. The molecule has 5 heteroatoms. The van der Waals surface area contributed by atoms with Crippen molar-refractivity contribution in [2.45, 2.75) is 39.7 Å². The molecule has 0 spiro atoms. The fourth-order valence-corrected chi connectivity index (χ4v) is 2.35. The SMILES string of the molecule is CCCCCNC(=O)c1cc(C(=O)NCc2ccc(C)cc2)ccn1.